The van der Waals surface area contributed by atoms with Crippen LogP contribution in [-0.4, -0.2) is 26.0 Å². The molecule has 0 bridgehead atoms. The number of nitrogens with one attached hydrogen (secondary N) is 1. The summed E-state index contributed by atoms with van der Waals surface area (Å²) in [5.74, 6) is -0.870. The number of dihydropyridines is 1. The maximum atomic E-state index is 14.1. The fourth-order valence-corrected chi connectivity index (χ4v) is 5.64. The number of ether oxygens (including phenoxy) is 3. The van der Waals surface area contributed by atoms with Gasteiger partial charge in [0, 0.05) is 33.9 Å². The molecule has 8 heteroatoms. The van der Waals surface area contributed by atoms with E-state index in [9.17, 15) is 14.0 Å². The number of Topliss-reactive ketones (excluding diaryl/α,β-unsaturated/α-hetero) is 1. The number of benzene rings is 3. The van der Waals surface area contributed by atoms with Crippen molar-refractivity contribution in [2.45, 2.75) is 19.4 Å². The number of methoxy groups -OCH3 is 2. The highest BCUT2D eigenvalue weighted by atomic mass is 127. The first-order valence-electron chi connectivity index (χ1n) is 11.5. The van der Waals surface area contributed by atoms with E-state index in [0.717, 1.165) is 5.56 Å². The molecule has 0 fully saturated rings. The van der Waals surface area contributed by atoms with Gasteiger partial charge in [-0.15, -0.1) is 0 Å². The Morgan fingerprint density at radius 2 is 1.76 bits per heavy atom. The van der Waals surface area contributed by atoms with Gasteiger partial charge in [-0.3, -0.25) is 4.79 Å². The van der Waals surface area contributed by atoms with Crippen LogP contribution in [0.3, 0.4) is 0 Å². The highest BCUT2D eigenvalue weighted by molar-refractivity contribution is 14.1. The molecule has 1 aliphatic heterocycles. The number of fused-ring (bicyclic) bond motifs is 2. The van der Waals surface area contributed by atoms with Gasteiger partial charge in [0.25, 0.3) is 0 Å². The van der Waals surface area contributed by atoms with Crippen LogP contribution in [0.15, 0.2) is 77.5 Å². The smallest absolute Gasteiger partial charge is 0.336 e. The van der Waals surface area contributed by atoms with Gasteiger partial charge in [0.05, 0.1) is 29.1 Å². The van der Waals surface area contributed by atoms with E-state index in [2.05, 4.69) is 27.9 Å². The minimum atomic E-state index is -0.688. The van der Waals surface area contributed by atoms with Gasteiger partial charge in [-0.2, -0.15) is 0 Å². The summed E-state index contributed by atoms with van der Waals surface area (Å²) in [6, 6.07) is 17.4. The van der Waals surface area contributed by atoms with Gasteiger partial charge >= 0.3 is 5.97 Å². The molecule has 37 heavy (non-hydrogen) atoms. The number of esters is 1. The number of carbonyl (C=O) groups excluding carboxylic acids is 2. The molecule has 0 radical (unpaired) electrons. The van der Waals surface area contributed by atoms with Crippen molar-refractivity contribution in [3.63, 3.8) is 0 Å². The van der Waals surface area contributed by atoms with E-state index in [1.165, 1.54) is 20.3 Å². The molecule has 0 saturated carbocycles. The second-order valence-electron chi connectivity index (χ2n) is 8.67. The molecular formula is C29H23FINO5. The molecule has 0 aromatic heterocycles. The van der Waals surface area contributed by atoms with E-state index >= 15 is 0 Å². The van der Waals surface area contributed by atoms with Crippen LogP contribution in [0.2, 0.25) is 0 Å². The lowest BCUT2D eigenvalue weighted by Gasteiger charge is -2.29. The standard InChI is InChI=1S/C29H23FINO5/c1-15-23(29(34)36-3)24(25-26(32-15)18-9-5-6-10-19(18)27(25)33)17-12-21(31)28(22(13-17)35-2)37-14-16-8-4-7-11-20(16)30/h4-13,24,32H,14H2,1-3H3/t24-/m1/s1. The maximum absolute atomic E-state index is 14.1. The number of hydrogen-bond donors (Lipinski definition) is 1. The Kier molecular flexibility index (Phi) is 6.76. The van der Waals surface area contributed by atoms with E-state index < -0.39 is 11.9 Å². The van der Waals surface area contributed by atoms with Gasteiger partial charge < -0.3 is 19.5 Å². The lowest BCUT2D eigenvalue weighted by Crippen LogP contribution is -2.29. The van der Waals surface area contributed by atoms with Crippen LogP contribution >= 0.6 is 22.6 Å². The van der Waals surface area contributed by atoms with E-state index in [-0.39, 0.29) is 18.2 Å². The summed E-state index contributed by atoms with van der Waals surface area (Å²) in [7, 11) is 2.83. The minimum Gasteiger partial charge on any atom is -0.493 e. The van der Waals surface area contributed by atoms with E-state index in [1.54, 1.807) is 37.3 Å². The molecule has 1 atom stereocenters. The molecule has 1 heterocycles. The zero-order valence-corrected chi connectivity index (χ0v) is 22.5. The number of rotatable bonds is 6. The monoisotopic (exact) mass is 611 g/mol. The molecule has 0 amide bonds. The summed E-state index contributed by atoms with van der Waals surface area (Å²) in [5, 5.41) is 3.27. The van der Waals surface area contributed by atoms with Crippen molar-refractivity contribution in [3.8, 4) is 11.5 Å². The van der Waals surface area contributed by atoms with E-state index in [0.29, 0.717) is 54.3 Å². The van der Waals surface area contributed by atoms with Crippen LogP contribution in [0.25, 0.3) is 5.70 Å². The number of ketones is 1. The molecule has 188 valence electrons. The third kappa shape index (κ3) is 4.29. The minimum absolute atomic E-state index is 0.0151. The Morgan fingerprint density at radius 3 is 2.46 bits per heavy atom. The number of hydrogen-bond acceptors (Lipinski definition) is 6. The molecule has 1 aliphatic carbocycles. The average molecular weight is 611 g/mol. The maximum Gasteiger partial charge on any atom is 0.336 e. The normalized spacial score (nSPS) is 16.2. The highest BCUT2D eigenvalue weighted by Gasteiger charge is 2.43. The topological polar surface area (TPSA) is 73.9 Å². The highest BCUT2D eigenvalue weighted by Crippen LogP contribution is 2.48. The summed E-state index contributed by atoms with van der Waals surface area (Å²) < 4.78 is 31.6. The first-order chi connectivity index (χ1) is 17.8. The summed E-state index contributed by atoms with van der Waals surface area (Å²) in [5.41, 5.74) is 4.58. The Morgan fingerprint density at radius 1 is 1.05 bits per heavy atom. The SMILES string of the molecule is COC(=O)C1=C(C)NC2=C(C(=O)c3ccccc32)[C@@H]1c1cc(I)c(OCc2ccccc2F)c(OC)c1. The molecule has 0 spiro atoms. The van der Waals surface area contributed by atoms with Gasteiger partial charge in [0.2, 0.25) is 0 Å². The van der Waals surface area contributed by atoms with Crippen molar-refractivity contribution in [1.29, 1.82) is 0 Å². The second-order valence-corrected chi connectivity index (χ2v) is 9.83. The molecule has 3 aromatic rings. The fourth-order valence-electron chi connectivity index (χ4n) is 4.85. The number of allylic oxidation sites excluding steroid dienone is 2. The van der Waals surface area contributed by atoms with Crippen molar-refractivity contribution < 1.29 is 28.2 Å². The van der Waals surface area contributed by atoms with E-state index in [1.807, 2.05) is 24.3 Å². The predicted octanol–water partition coefficient (Wildman–Crippen LogP) is 5.76. The zero-order chi connectivity index (χ0) is 26.3. The summed E-state index contributed by atoms with van der Waals surface area (Å²) in [4.78, 5) is 26.6. The Bertz CT molecular complexity index is 1510. The first kappa shape index (κ1) is 25.0. The van der Waals surface area contributed by atoms with Crippen molar-refractivity contribution in [2.75, 3.05) is 14.2 Å². The molecule has 2 aliphatic rings. The fraction of sp³-hybridized carbons (Fsp3) is 0.172. The molecule has 5 rings (SSSR count). The average Bonchev–Trinajstić information content (AvgIpc) is 3.18. The lowest BCUT2D eigenvalue weighted by atomic mass is 9.79. The molecule has 1 N–H and O–H groups in total. The third-order valence-corrected chi connectivity index (χ3v) is 7.37. The van der Waals surface area contributed by atoms with Gasteiger partial charge in [0.15, 0.2) is 17.3 Å². The molecule has 6 nitrogen and oxygen atoms in total. The van der Waals surface area contributed by atoms with Crippen LogP contribution in [0.1, 0.15) is 39.9 Å². The molecule has 3 aromatic carbocycles. The van der Waals surface area contributed by atoms with Crippen molar-refractivity contribution >= 4 is 40.0 Å². The number of carbonyl (C=O) groups is 2. The third-order valence-electron chi connectivity index (χ3n) is 6.57. The van der Waals surface area contributed by atoms with Crippen molar-refractivity contribution in [3.05, 3.63) is 109 Å². The first-order valence-corrected chi connectivity index (χ1v) is 12.6. The van der Waals surface area contributed by atoms with Crippen LogP contribution < -0.4 is 14.8 Å². The molecular weight excluding hydrogens is 588 g/mol. The summed E-state index contributed by atoms with van der Waals surface area (Å²) in [6.07, 6.45) is 0. The van der Waals surface area contributed by atoms with Crippen LogP contribution in [-0.2, 0) is 16.1 Å². The quantitative estimate of drug-likeness (QED) is 0.283. The van der Waals surface area contributed by atoms with Crippen LogP contribution in [0.4, 0.5) is 4.39 Å². The lowest BCUT2D eigenvalue weighted by molar-refractivity contribution is -0.136. The molecule has 0 saturated heterocycles. The Balaban J connectivity index is 1.61. The summed E-state index contributed by atoms with van der Waals surface area (Å²) in [6.45, 7) is 1.81. The Hall–Kier alpha value is -3.66. The largest absolute Gasteiger partial charge is 0.493 e. The van der Waals surface area contributed by atoms with Crippen LogP contribution in [0.5, 0.6) is 11.5 Å². The van der Waals surface area contributed by atoms with Gasteiger partial charge in [-0.05, 0) is 53.3 Å². The molecule has 0 unspecified atom stereocenters. The number of halogens is 2. The predicted molar refractivity (Wildman–Crippen MR) is 145 cm³/mol. The van der Waals surface area contributed by atoms with Crippen LogP contribution in [0, 0.1) is 9.39 Å². The van der Waals surface area contributed by atoms with Gasteiger partial charge in [0.1, 0.15) is 12.4 Å². The summed E-state index contributed by atoms with van der Waals surface area (Å²) >= 11 is 2.12. The van der Waals surface area contributed by atoms with Gasteiger partial charge in [-0.25, -0.2) is 9.18 Å². The van der Waals surface area contributed by atoms with E-state index in [4.69, 9.17) is 14.2 Å². The van der Waals surface area contributed by atoms with Crippen molar-refractivity contribution in [2.24, 2.45) is 0 Å². The van der Waals surface area contributed by atoms with Gasteiger partial charge in [-0.1, -0.05) is 42.5 Å². The Labute approximate surface area is 227 Å². The van der Waals surface area contributed by atoms with Crippen molar-refractivity contribution in [1.82, 2.24) is 5.32 Å². The second kappa shape index (κ2) is 10.0. The zero-order valence-electron chi connectivity index (χ0n) is 20.4.